The van der Waals surface area contributed by atoms with Crippen molar-refractivity contribution in [1.29, 1.82) is 0 Å². The van der Waals surface area contributed by atoms with Crippen molar-refractivity contribution in [3.8, 4) is 0 Å². The molecular weight excluding hydrogens is 240 g/mol. The average molecular weight is 260 g/mol. The second-order valence-corrected chi connectivity index (χ2v) is 4.37. The second kappa shape index (κ2) is 9.44. The number of hydrogen-bond donors (Lipinski definition) is 3. The van der Waals surface area contributed by atoms with Gasteiger partial charge in [-0.1, -0.05) is 12.8 Å². The van der Waals surface area contributed by atoms with Crippen LogP contribution in [0.15, 0.2) is 0 Å². The first-order chi connectivity index (χ1) is 8.41. The minimum absolute atomic E-state index is 0.0310. The highest BCUT2D eigenvalue weighted by molar-refractivity contribution is 5.67. The Morgan fingerprint density at radius 2 is 1.11 bits per heavy atom. The van der Waals surface area contributed by atoms with Crippen LogP contribution >= 0.6 is 0 Å². The molecular formula is C12H20O6. The number of hydrogen-bond acceptors (Lipinski definition) is 3. The first-order valence-corrected chi connectivity index (χ1v) is 6.07. The largest absolute Gasteiger partial charge is 0.481 e. The minimum Gasteiger partial charge on any atom is -0.481 e. The Morgan fingerprint density at radius 3 is 1.50 bits per heavy atom. The standard InChI is InChI=1S/C12H20O6/c13-10(14)4-2-1-3-9(5-7-11(15)16)6-8-12(17)18/h9H,1-8H2,(H,13,14)(H,15,16)(H,17,18). The van der Waals surface area contributed by atoms with Crippen molar-refractivity contribution in [3.63, 3.8) is 0 Å². The van der Waals surface area contributed by atoms with Crippen LogP contribution < -0.4 is 0 Å². The van der Waals surface area contributed by atoms with Crippen LogP contribution in [0.5, 0.6) is 0 Å². The lowest BCUT2D eigenvalue weighted by atomic mass is 9.92. The summed E-state index contributed by atoms with van der Waals surface area (Å²) in [5.74, 6) is -2.57. The van der Waals surface area contributed by atoms with Crippen molar-refractivity contribution >= 4 is 17.9 Å². The molecule has 0 unspecified atom stereocenters. The van der Waals surface area contributed by atoms with Gasteiger partial charge in [-0.15, -0.1) is 0 Å². The summed E-state index contributed by atoms with van der Waals surface area (Å²) in [4.78, 5) is 31.3. The Morgan fingerprint density at radius 1 is 0.667 bits per heavy atom. The van der Waals surface area contributed by atoms with Crippen molar-refractivity contribution in [2.45, 2.75) is 51.4 Å². The van der Waals surface area contributed by atoms with Gasteiger partial charge in [0.05, 0.1) is 0 Å². The van der Waals surface area contributed by atoms with E-state index in [-0.39, 0.29) is 25.2 Å². The van der Waals surface area contributed by atoms with Crippen LogP contribution in [0.4, 0.5) is 0 Å². The van der Waals surface area contributed by atoms with Crippen LogP contribution in [0.25, 0.3) is 0 Å². The van der Waals surface area contributed by atoms with Gasteiger partial charge >= 0.3 is 17.9 Å². The zero-order valence-electron chi connectivity index (χ0n) is 10.3. The zero-order valence-corrected chi connectivity index (χ0v) is 10.3. The molecule has 0 bridgehead atoms. The molecule has 0 aliphatic rings. The van der Waals surface area contributed by atoms with Crippen LogP contribution in [0, 0.1) is 5.92 Å². The van der Waals surface area contributed by atoms with E-state index < -0.39 is 17.9 Å². The molecule has 0 amide bonds. The molecule has 6 heteroatoms. The summed E-state index contributed by atoms with van der Waals surface area (Å²) in [5, 5.41) is 25.7. The molecule has 0 aromatic rings. The first-order valence-electron chi connectivity index (χ1n) is 6.07. The quantitative estimate of drug-likeness (QED) is 0.490. The SMILES string of the molecule is O=C(O)CCCCC(CCC(=O)O)CCC(=O)O. The van der Waals surface area contributed by atoms with Gasteiger partial charge in [-0.25, -0.2) is 0 Å². The maximum Gasteiger partial charge on any atom is 0.303 e. The number of aliphatic carboxylic acids is 3. The van der Waals surface area contributed by atoms with Crippen molar-refractivity contribution < 1.29 is 29.7 Å². The molecule has 0 spiro atoms. The van der Waals surface area contributed by atoms with E-state index in [1.54, 1.807) is 0 Å². The molecule has 0 saturated heterocycles. The zero-order chi connectivity index (χ0) is 14.0. The first kappa shape index (κ1) is 16.4. The van der Waals surface area contributed by atoms with Gasteiger partial charge < -0.3 is 15.3 Å². The lowest BCUT2D eigenvalue weighted by Gasteiger charge is -2.14. The number of unbranched alkanes of at least 4 members (excludes halogenated alkanes) is 1. The molecule has 0 aliphatic carbocycles. The third-order valence-electron chi connectivity index (χ3n) is 2.79. The second-order valence-electron chi connectivity index (χ2n) is 4.37. The predicted molar refractivity (Wildman–Crippen MR) is 63.3 cm³/mol. The normalized spacial score (nSPS) is 10.5. The van der Waals surface area contributed by atoms with E-state index in [1.807, 2.05) is 0 Å². The Bertz CT molecular complexity index is 268. The molecule has 0 heterocycles. The van der Waals surface area contributed by atoms with E-state index in [2.05, 4.69) is 0 Å². The fourth-order valence-corrected chi connectivity index (χ4v) is 1.80. The van der Waals surface area contributed by atoms with Gasteiger partial charge in [-0.3, -0.25) is 14.4 Å². The summed E-state index contributed by atoms with van der Waals surface area (Å²) < 4.78 is 0. The van der Waals surface area contributed by atoms with E-state index in [0.717, 1.165) is 0 Å². The fourth-order valence-electron chi connectivity index (χ4n) is 1.80. The lowest BCUT2D eigenvalue weighted by Crippen LogP contribution is -2.08. The van der Waals surface area contributed by atoms with Crippen molar-refractivity contribution in [3.05, 3.63) is 0 Å². The third-order valence-corrected chi connectivity index (χ3v) is 2.79. The Balaban J connectivity index is 3.91. The summed E-state index contributed by atoms with van der Waals surface area (Å²) in [6, 6.07) is 0. The predicted octanol–water partition coefficient (Wildman–Crippen LogP) is 1.98. The van der Waals surface area contributed by atoms with E-state index in [0.29, 0.717) is 32.1 Å². The Kier molecular flexibility index (Phi) is 8.61. The van der Waals surface area contributed by atoms with E-state index in [1.165, 1.54) is 0 Å². The highest BCUT2D eigenvalue weighted by atomic mass is 16.4. The summed E-state index contributed by atoms with van der Waals surface area (Å²) in [5.41, 5.74) is 0. The lowest BCUT2D eigenvalue weighted by molar-refractivity contribution is -0.138. The smallest absolute Gasteiger partial charge is 0.303 e. The van der Waals surface area contributed by atoms with E-state index in [4.69, 9.17) is 15.3 Å². The van der Waals surface area contributed by atoms with Crippen LogP contribution in [0.2, 0.25) is 0 Å². The summed E-state index contributed by atoms with van der Waals surface area (Å²) >= 11 is 0. The number of carbonyl (C=O) groups is 3. The van der Waals surface area contributed by atoms with E-state index >= 15 is 0 Å². The number of rotatable bonds is 11. The molecule has 0 fully saturated rings. The van der Waals surface area contributed by atoms with E-state index in [9.17, 15) is 14.4 Å². The fraction of sp³-hybridized carbons (Fsp3) is 0.750. The molecule has 0 atom stereocenters. The summed E-state index contributed by atoms with van der Waals surface area (Å²) in [7, 11) is 0. The summed E-state index contributed by atoms with van der Waals surface area (Å²) in [6.45, 7) is 0. The molecule has 0 aromatic heterocycles. The topological polar surface area (TPSA) is 112 Å². The molecule has 0 rings (SSSR count). The molecule has 0 radical (unpaired) electrons. The minimum atomic E-state index is -0.888. The number of carboxylic acids is 3. The third kappa shape index (κ3) is 10.9. The maximum absolute atomic E-state index is 10.5. The molecule has 18 heavy (non-hydrogen) atoms. The average Bonchev–Trinajstić information content (AvgIpc) is 2.25. The van der Waals surface area contributed by atoms with Gasteiger partial charge in [0, 0.05) is 19.3 Å². The van der Waals surface area contributed by atoms with Crippen LogP contribution in [0.1, 0.15) is 51.4 Å². The van der Waals surface area contributed by atoms with Gasteiger partial charge in [0.1, 0.15) is 0 Å². The molecule has 0 aliphatic heterocycles. The maximum atomic E-state index is 10.5. The van der Waals surface area contributed by atoms with Crippen LogP contribution in [-0.4, -0.2) is 33.2 Å². The monoisotopic (exact) mass is 260 g/mol. The van der Waals surface area contributed by atoms with Gasteiger partial charge in [0.15, 0.2) is 0 Å². The molecule has 6 nitrogen and oxygen atoms in total. The van der Waals surface area contributed by atoms with Crippen LogP contribution in [-0.2, 0) is 14.4 Å². The Labute approximate surface area is 106 Å². The molecule has 0 aromatic carbocycles. The highest BCUT2D eigenvalue weighted by Crippen LogP contribution is 2.21. The van der Waals surface area contributed by atoms with Crippen molar-refractivity contribution in [2.75, 3.05) is 0 Å². The summed E-state index contributed by atoms with van der Waals surface area (Å²) in [6.07, 6.45) is 3.00. The van der Waals surface area contributed by atoms with Gasteiger partial charge in [0.25, 0.3) is 0 Å². The molecule has 3 N–H and O–H groups in total. The molecule has 0 saturated carbocycles. The Hall–Kier alpha value is -1.59. The van der Waals surface area contributed by atoms with Gasteiger partial charge in [0.2, 0.25) is 0 Å². The highest BCUT2D eigenvalue weighted by Gasteiger charge is 2.13. The van der Waals surface area contributed by atoms with Crippen LogP contribution in [0.3, 0.4) is 0 Å². The molecule has 104 valence electrons. The van der Waals surface area contributed by atoms with Crippen molar-refractivity contribution in [1.82, 2.24) is 0 Å². The van der Waals surface area contributed by atoms with Gasteiger partial charge in [-0.05, 0) is 25.2 Å². The van der Waals surface area contributed by atoms with Gasteiger partial charge in [-0.2, -0.15) is 0 Å². The van der Waals surface area contributed by atoms with Crippen molar-refractivity contribution in [2.24, 2.45) is 5.92 Å². The number of carboxylic acid groups (broad SMARTS) is 3.